The summed E-state index contributed by atoms with van der Waals surface area (Å²) in [7, 11) is 1.69. The van der Waals surface area contributed by atoms with Crippen molar-refractivity contribution in [2.24, 2.45) is 10.8 Å². The number of nitrogens with one attached hydrogen (secondary N) is 2. The lowest BCUT2D eigenvalue weighted by molar-refractivity contribution is 0.0761. The fourth-order valence-corrected chi connectivity index (χ4v) is 1.22. The van der Waals surface area contributed by atoms with Gasteiger partial charge in [0, 0.05) is 13.7 Å². The minimum absolute atomic E-state index is 0.341. The Morgan fingerprint density at radius 3 is 3.00 bits per heavy atom. The van der Waals surface area contributed by atoms with E-state index >= 15 is 0 Å². The molecule has 0 spiro atoms. The predicted octanol–water partition coefficient (Wildman–Crippen LogP) is -0.796. The maximum absolute atomic E-state index is 5.29. The van der Waals surface area contributed by atoms with E-state index in [1.54, 1.807) is 7.05 Å². The third-order valence-corrected chi connectivity index (χ3v) is 1.86. The second-order valence-electron chi connectivity index (χ2n) is 2.77. The second-order valence-corrected chi connectivity index (χ2v) is 2.77. The minimum Gasteiger partial charge on any atom is -0.379 e. The van der Waals surface area contributed by atoms with Crippen molar-refractivity contribution in [3.05, 3.63) is 0 Å². The molecule has 12 heavy (non-hydrogen) atoms. The largest absolute Gasteiger partial charge is 0.379 e. The number of aliphatic imine (C=N–C) groups is 1. The number of guanidine groups is 1. The Kier molecular flexibility index (Phi) is 3.83. The number of hydrogen-bond acceptors (Lipinski definition) is 3. The van der Waals surface area contributed by atoms with Gasteiger partial charge < -0.3 is 10.1 Å². The molecule has 70 valence electrons. The van der Waals surface area contributed by atoms with Crippen LogP contribution in [-0.4, -0.2) is 32.3 Å². The van der Waals surface area contributed by atoms with Crippen LogP contribution in [0, 0.1) is 0 Å². The lowest BCUT2D eigenvalue weighted by atomic mass is 10.1. The van der Waals surface area contributed by atoms with Crippen molar-refractivity contribution < 1.29 is 4.74 Å². The first-order valence-corrected chi connectivity index (χ1v) is 4.14. The lowest BCUT2D eigenvalue weighted by Gasteiger charge is -2.24. The monoisotopic (exact) mass is 172 g/mol. The first-order valence-electron chi connectivity index (χ1n) is 4.14. The van der Waals surface area contributed by atoms with Gasteiger partial charge in [-0.25, -0.2) is 5.84 Å². The van der Waals surface area contributed by atoms with Crippen LogP contribution in [0.5, 0.6) is 0 Å². The van der Waals surface area contributed by atoms with Crippen LogP contribution in [-0.2, 0) is 4.74 Å². The molecule has 1 unspecified atom stereocenters. The third-order valence-electron chi connectivity index (χ3n) is 1.86. The molecule has 5 heteroatoms. The standard InChI is InChI=1S/C7H16N4O/c1-9-7(11-8)10-6-3-2-4-12-5-6/h6H,2-5,8H2,1H3,(H2,9,10,11). The zero-order valence-corrected chi connectivity index (χ0v) is 7.34. The SMILES string of the molecule is CN=C(NN)NC1CCCOC1. The number of hydrazine groups is 1. The van der Waals surface area contributed by atoms with Crippen molar-refractivity contribution in [3.8, 4) is 0 Å². The molecule has 1 fully saturated rings. The van der Waals surface area contributed by atoms with E-state index in [1.165, 1.54) is 0 Å². The second kappa shape index (κ2) is 4.95. The molecule has 0 aromatic carbocycles. The summed E-state index contributed by atoms with van der Waals surface area (Å²) in [4.78, 5) is 3.91. The first-order chi connectivity index (χ1) is 5.86. The van der Waals surface area contributed by atoms with E-state index in [9.17, 15) is 0 Å². The zero-order chi connectivity index (χ0) is 8.81. The van der Waals surface area contributed by atoms with Crippen LogP contribution in [0.2, 0.25) is 0 Å². The summed E-state index contributed by atoms with van der Waals surface area (Å²) < 4.78 is 5.29. The van der Waals surface area contributed by atoms with Crippen molar-refractivity contribution in [1.82, 2.24) is 10.7 Å². The summed E-state index contributed by atoms with van der Waals surface area (Å²) in [6, 6.07) is 0.341. The summed E-state index contributed by atoms with van der Waals surface area (Å²) in [5, 5.41) is 3.14. The van der Waals surface area contributed by atoms with Crippen molar-refractivity contribution >= 4 is 5.96 Å². The molecule has 4 N–H and O–H groups in total. The Morgan fingerprint density at radius 1 is 1.67 bits per heavy atom. The molecule has 0 amide bonds. The van der Waals surface area contributed by atoms with Gasteiger partial charge in [-0.05, 0) is 12.8 Å². The Balaban J connectivity index is 2.28. The van der Waals surface area contributed by atoms with Gasteiger partial charge in [0.2, 0.25) is 5.96 Å². The highest BCUT2D eigenvalue weighted by Crippen LogP contribution is 2.04. The molecule has 1 saturated heterocycles. The number of ether oxygens (including phenoxy) is 1. The van der Waals surface area contributed by atoms with Gasteiger partial charge in [0.05, 0.1) is 12.6 Å². The number of rotatable bonds is 1. The quantitative estimate of drug-likeness (QED) is 0.210. The number of hydrogen-bond donors (Lipinski definition) is 3. The summed E-state index contributed by atoms with van der Waals surface area (Å²) in [5.41, 5.74) is 2.48. The zero-order valence-electron chi connectivity index (χ0n) is 7.34. The first kappa shape index (κ1) is 9.28. The van der Waals surface area contributed by atoms with Gasteiger partial charge in [-0.15, -0.1) is 0 Å². The third kappa shape index (κ3) is 2.67. The summed E-state index contributed by atoms with van der Waals surface area (Å²) >= 11 is 0. The van der Waals surface area contributed by atoms with Gasteiger partial charge >= 0.3 is 0 Å². The maximum atomic E-state index is 5.29. The van der Waals surface area contributed by atoms with E-state index in [0.29, 0.717) is 12.0 Å². The van der Waals surface area contributed by atoms with Gasteiger partial charge in [-0.2, -0.15) is 0 Å². The molecule has 0 bridgehead atoms. The Hall–Kier alpha value is -0.810. The fourth-order valence-electron chi connectivity index (χ4n) is 1.22. The smallest absolute Gasteiger partial charge is 0.205 e. The Morgan fingerprint density at radius 2 is 2.50 bits per heavy atom. The van der Waals surface area contributed by atoms with Gasteiger partial charge in [0.25, 0.3) is 0 Å². The van der Waals surface area contributed by atoms with E-state index in [4.69, 9.17) is 10.6 Å². The van der Waals surface area contributed by atoms with Gasteiger partial charge in [-0.3, -0.25) is 10.4 Å². The van der Waals surface area contributed by atoms with Crippen LogP contribution >= 0.6 is 0 Å². The molecule has 0 saturated carbocycles. The predicted molar refractivity (Wildman–Crippen MR) is 47.7 cm³/mol. The van der Waals surface area contributed by atoms with E-state index in [-0.39, 0.29) is 0 Å². The van der Waals surface area contributed by atoms with Crippen LogP contribution in [0.3, 0.4) is 0 Å². The highest BCUT2D eigenvalue weighted by molar-refractivity contribution is 5.79. The molecule has 1 rings (SSSR count). The molecule has 5 nitrogen and oxygen atoms in total. The van der Waals surface area contributed by atoms with Crippen molar-refractivity contribution in [1.29, 1.82) is 0 Å². The molecular weight excluding hydrogens is 156 g/mol. The van der Waals surface area contributed by atoms with Crippen molar-refractivity contribution in [2.75, 3.05) is 20.3 Å². The van der Waals surface area contributed by atoms with Crippen LogP contribution in [0.15, 0.2) is 4.99 Å². The normalized spacial score (nSPS) is 25.2. The maximum Gasteiger partial charge on any atom is 0.205 e. The molecule has 0 radical (unpaired) electrons. The topological polar surface area (TPSA) is 71.7 Å². The van der Waals surface area contributed by atoms with E-state index in [2.05, 4.69) is 15.7 Å². The van der Waals surface area contributed by atoms with E-state index in [1.807, 2.05) is 0 Å². The number of nitrogens with zero attached hydrogens (tertiary/aromatic N) is 1. The molecule has 0 aromatic heterocycles. The van der Waals surface area contributed by atoms with Gasteiger partial charge in [0.15, 0.2) is 0 Å². The molecule has 1 aliphatic rings. The molecule has 1 aliphatic heterocycles. The Bertz CT molecular complexity index is 153. The van der Waals surface area contributed by atoms with Gasteiger partial charge in [-0.1, -0.05) is 0 Å². The summed E-state index contributed by atoms with van der Waals surface area (Å²) in [5.74, 6) is 5.83. The highest BCUT2D eigenvalue weighted by Gasteiger charge is 2.13. The minimum atomic E-state index is 0.341. The molecule has 0 aromatic rings. The molecule has 1 heterocycles. The molecular formula is C7H16N4O. The average molecular weight is 172 g/mol. The average Bonchev–Trinajstić information content (AvgIpc) is 2.16. The Labute approximate surface area is 72.3 Å². The highest BCUT2D eigenvalue weighted by atomic mass is 16.5. The van der Waals surface area contributed by atoms with Crippen molar-refractivity contribution in [3.63, 3.8) is 0 Å². The summed E-state index contributed by atoms with van der Waals surface area (Å²) in [6.45, 7) is 1.60. The number of nitrogens with two attached hydrogens (primary N) is 1. The molecule has 0 aliphatic carbocycles. The molecule has 1 atom stereocenters. The van der Waals surface area contributed by atoms with Crippen molar-refractivity contribution in [2.45, 2.75) is 18.9 Å². The van der Waals surface area contributed by atoms with E-state index < -0.39 is 0 Å². The van der Waals surface area contributed by atoms with Crippen LogP contribution in [0.1, 0.15) is 12.8 Å². The lowest BCUT2D eigenvalue weighted by Crippen LogP contribution is -2.49. The van der Waals surface area contributed by atoms with Crippen LogP contribution in [0.4, 0.5) is 0 Å². The van der Waals surface area contributed by atoms with Crippen LogP contribution in [0.25, 0.3) is 0 Å². The van der Waals surface area contributed by atoms with E-state index in [0.717, 1.165) is 26.1 Å². The fraction of sp³-hybridized carbons (Fsp3) is 0.857. The van der Waals surface area contributed by atoms with Gasteiger partial charge in [0.1, 0.15) is 0 Å². The van der Waals surface area contributed by atoms with Crippen LogP contribution < -0.4 is 16.6 Å². The summed E-state index contributed by atoms with van der Waals surface area (Å²) in [6.07, 6.45) is 2.21.